The van der Waals surface area contributed by atoms with E-state index in [0.29, 0.717) is 5.92 Å². The van der Waals surface area contributed by atoms with Crippen molar-refractivity contribution in [1.82, 2.24) is 4.98 Å². The molecule has 0 bridgehead atoms. The van der Waals surface area contributed by atoms with E-state index >= 15 is 0 Å². The Bertz CT molecular complexity index is 1360. The van der Waals surface area contributed by atoms with E-state index in [1.54, 1.807) is 0 Å². The van der Waals surface area contributed by atoms with Gasteiger partial charge in [-0.1, -0.05) is 80.6 Å². The third kappa shape index (κ3) is 3.07. The summed E-state index contributed by atoms with van der Waals surface area (Å²) < 4.78 is 0. The quantitative estimate of drug-likeness (QED) is 0.285. The van der Waals surface area contributed by atoms with Crippen molar-refractivity contribution in [3.05, 3.63) is 102 Å². The van der Waals surface area contributed by atoms with Crippen molar-refractivity contribution in [2.75, 3.05) is 0 Å². The molecule has 0 aliphatic heterocycles. The fraction of sp³-hybridized carbons (Fsp3) is 0.138. The number of pyridine rings is 1. The molecule has 0 atom stereocenters. The summed E-state index contributed by atoms with van der Waals surface area (Å²) >= 11 is 0. The van der Waals surface area contributed by atoms with Crippen LogP contribution >= 0.6 is 0 Å². The summed E-state index contributed by atoms with van der Waals surface area (Å²) in [5.74, 6) is 0.488. The lowest BCUT2D eigenvalue weighted by atomic mass is 9.88. The van der Waals surface area contributed by atoms with E-state index in [0.717, 1.165) is 5.69 Å². The maximum Gasteiger partial charge on any atom is 0.0705 e. The molecule has 0 saturated carbocycles. The highest BCUT2D eigenvalue weighted by atomic mass is 14.7. The van der Waals surface area contributed by atoms with Crippen LogP contribution in [0.1, 0.15) is 30.9 Å². The Labute approximate surface area is 178 Å². The highest BCUT2D eigenvalue weighted by Crippen LogP contribution is 2.39. The molecule has 4 aromatic carbocycles. The van der Waals surface area contributed by atoms with Crippen LogP contribution in [0, 0.1) is 6.92 Å². The molecule has 0 radical (unpaired) electrons. The van der Waals surface area contributed by atoms with Gasteiger partial charge in [0.15, 0.2) is 0 Å². The van der Waals surface area contributed by atoms with Gasteiger partial charge in [-0.25, -0.2) is 0 Å². The monoisotopic (exact) mass is 387 g/mol. The van der Waals surface area contributed by atoms with Gasteiger partial charge in [0.05, 0.1) is 5.69 Å². The van der Waals surface area contributed by atoms with Crippen LogP contribution in [0.5, 0.6) is 0 Å². The highest BCUT2D eigenvalue weighted by Gasteiger charge is 2.14. The van der Waals surface area contributed by atoms with Crippen molar-refractivity contribution >= 4 is 21.5 Å². The molecule has 1 aromatic heterocycles. The van der Waals surface area contributed by atoms with Gasteiger partial charge in [-0.05, 0) is 74.8 Å². The Morgan fingerprint density at radius 3 is 2.10 bits per heavy atom. The molecule has 0 aliphatic carbocycles. The first-order valence-electron chi connectivity index (χ1n) is 10.6. The molecule has 146 valence electrons. The minimum atomic E-state index is 0.488. The van der Waals surface area contributed by atoms with Crippen LogP contribution in [-0.4, -0.2) is 4.98 Å². The first-order valence-corrected chi connectivity index (χ1v) is 10.6. The van der Waals surface area contributed by atoms with Gasteiger partial charge >= 0.3 is 0 Å². The van der Waals surface area contributed by atoms with Gasteiger partial charge in [-0.15, -0.1) is 0 Å². The number of benzene rings is 4. The number of aromatic nitrogens is 1. The lowest BCUT2D eigenvalue weighted by Crippen LogP contribution is -1.93. The van der Waals surface area contributed by atoms with Crippen LogP contribution in [0.2, 0.25) is 0 Å². The molecular formula is C29H25N. The molecule has 0 spiro atoms. The maximum absolute atomic E-state index is 4.67. The predicted molar refractivity (Wildman–Crippen MR) is 129 cm³/mol. The molecule has 0 aliphatic rings. The summed E-state index contributed by atoms with van der Waals surface area (Å²) in [5, 5.41) is 5.20. The van der Waals surface area contributed by atoms with Crippen LogP contribution in [0.15, 0.2) is 91.1 Å². The Kier molecular flexibility index (Phi) is 4.59. The maximum atomic E-state index is 4.67. The van der Waals surface area contributed by atoms with Crippen LogP contribution in [0.3, 0.4) is 0 Å². The molecule has 1 heteroatoms. The van der Waals surface area contributed by atoms with Crippen molar-refractivity contribution in [3.8, 4) is 22.4 Å². The summed E-state index contributed by atoms with van der Waals surface area (Å²) in [6, 6.07) is 30.6. The fourth-order valence-corrected chi connectivity index (χ4v) is 4.46. The van der Waals surface area contributed by atoms with Crippen molar-refractivity contribution < 1.29 is 0 Å². The van der Waals surface area contributed by atoms with Crippen molar-refractivity contribution in [1.29, 1.82) is 0 Å². The second kappa shape index (κ2) is 7.42. The molecule has 0 fully saturated rings. The molecule has 0 amide bonds. The number of nitrogens with zero attached hydrogens (tertiary/aromatic N) is 1. The van der Waals surface area contributed by atoms with Gasteiger partial charge in [-0.3, -0.25) is 4.98 Å². The zero-order chi connectivity index (χ0) is 20.7. The zero-order valence-corrected chi connectivity index (χ0v) is 17.7. The highest BCUT2D eigenvalue weighted by molar-refractivity contribution is 6.16. The summed E-state index contributed by atoms with van der Waals surface area (Å²) in [6.45, 7) is 6.70. The Morgan fingerprint density at radius 1 is 0.633 bits per heavy atom. The second-order valence-electron chi connectivity index (χ2n) is 8.30. The smallest absolute Gasteiger partial charge is 0.0705 e. The third-order valence-electron chi connectivity index (χ3n) is 6.09. The van der Waals surface area contributed by atoms with Gasteiger partial charge in [0, 0.05) is 11.8 Å². The number of hydrogen-bond acceptors (Lipinski definition) is 1. The minimum absolute atomic E-state index is 0.488. The standard InChI is InChI=1S/C29H25N/c1-19(2)22-15-16-30-28(18-22)23-13-14-25-24-11-7-8-12-26(24)29(20(3)27(25)17-23)21-9-5-4-6-10-21/h4-19H,1-3H3. The van der Waals surface area contributed by atoms with Crippen molar-refractivity contribution in [2.24, 2.45) is 0 Å². The average molecular weight is 388 g/mol. The third-order valence-corrected chi connectivity index (χ3v) is 6.09. The summed E-state index contributed by atoms with van der Waals surface area (Å²) in [6.07, 6.45) is 1.93. The Morgan fingerprint density at radius 2 is 1.33 bits per heavy atom. The fourth-order valence-electron chi connectivity index (χ4n) is 4.46. The van der Waals surface area contributed by atoms with Crippen LogP contribution in [0.4, 0.5) is 0 Å². The number of hydrogen-bond donors (Lipinski definition) is 0. The summed E-state index contributed by atoms with van der Waals surface area (Å²) in [7, 11) is 0. The van der Waals surface area contributed by atoms with Crippen LogP contribution < -0.4 is 0 Å². The van der Waals surface area contributed by atoms with Crippen LogP contribution in [0.25, 0.3) is 43.9 Å². The number of fused-ring (bicyclic) bond motifs is 3. The lowest BCUT2D eigenvalue weighted by Gasteiger charge is -2.16. The van der Waals surface area contributed by atoms with Gasteiger partial charge in [0.2, 0.25) is 0 Å². The van der Waals surface area contributed by atoms with E-state index in [1.165, 1.54) is 49.4 Å². The number of rotatable bonds is 3. The first kappa shape index (κ1) is 18.6. The van der Waals surface area contributed by atoms with E-state index in [2.05, 4.69) is 111 Å². The van der Waals surface area contributed by atoms with Crippen molar-refractivity contribution in [2.45, 2.75) is 26.7 Å². The van der Waals surface area contributed by atoms with Gasteiger partial charge in [0.25, 0.3) is 0 Å². The molecule has 30 heavy (non-hydrogen) atoms. The minimum Gasteiger partial charge on any atom is -0.256 e. The zero-order valence-electron chi connectivity index (χ0n) is 17.7. The second-order valence-corrected chi connectivity index (χ2v) is 8.30. The lowest BCUT2D eigenvalue weighted by molar-refractivity contribution is 0.864. The molecule has 0 saturated heterocycles. The normalized spacial score (nSPS) is 11.5. The predicted octanol–water partition coefficient (Wildman–Crippen LogP) is 8.15. The van der Waals surface area contributed by atoms with E-state index < -0.39 is 0 Å². The Balaban J connectivity index is 1.82. The Hall–Kier alpha value is -3.45. The molecule has 5 rings (SSSR count). The SMILES string of the molecule is Cc1c(-c2ccccc2)c2ccccc2c2ccc(-c3cc(C(C)C)ccn3)cc12. The average Bonchev–Trinajstić information content (AvgIpc) is 2.80. The largest absolute Gasteiger partial charge is 0.256 e. The van der Waals surface area contributed by atoms with Crippen molar-refractivity contribution in [3.63, 3.8) is 0 Å². The molecule has 0 N–H and O–H groups in total. The molecule has 5 aromatic rings. The molecular weight excluding hydrogens is 362 g/mol. The number of aryl methyl sites for hydroxylation is 1. The van der Waals surface area contributed by atoms with E-state index in [4.69, 9.17) is 0 Å². The van der Waals surface area contributed by atoms with Gasteiger partial charge < -0.3 is 0 Å². The molecule has 1 nitrogen and oxygen atoms in total. The van der Waals surface area contributed by atoms with Crippen LogP contribution in [-0.2, 0) is 0 Å². The van der Waals surface area contributed by atoms with Gasteiger partial charge in [0.1, 0.15) is 0 Å². The molecule has 0 unspecified atom stereocenters. The van der Waals surface area contributed by atoms with E-state index in [1.807, 2.05) is 6.20 Å². The summed E-state index contributed by atoms with van der Waals surface area (Å²) in [4.78, 5) is 4.67. The summed E-state index contributed by atoms with van der Waals surface area (Å²) in [5.41, 5.74) is 7.43. The van der Waals surface area contributed by atoms with E-state index in [9.17, 15) is 0 Å². The topological polar surface area (TPSA) is 12.9 Å². The molecule has 1 heterocycles. The van der Waals surface area contributed by atoms with E-state index in [-0.39, 0.29) is 0 Å². The first-order chi connectivity index (χ1) is 14.6. The van der Waals surface area contributed by atoms with Gasteiger partial charge in [-0.2, -0.15) is 0 Å².